The van der Waals surface area contributed by atoms with E-state index in [0.29, 0.717) is 5.56 Å². The van der Waals surface area contributed by atoms with Crippen LogP contribution >= 0.6 is 0 Å². The maximum atomic E-state index is 12.4. The van der Waals surface area contributed by atoms with Crippen molar-refractivity contribution in [3.63, 3.8) is 0 Å². The highest BCUT2D eigenvalue weighted by Crippen LogP contribution is 2.25. The summed E-state index contributed by atoms with van der Waals surface area (Å²) in [5.74, 6) is 0.0303. The highest BCUT2D eigenvalue weighted by atomic mass is 16.1. The number of hydrogen-bond donors (Lipinski definition) is 1. The van der Waals surface area contributed by atoms with E-state index in [9.17, 15) is 4.79 Å². The SMILES string of the molecule is O=C(c1cncnc1)C1NCCc2ccccc21. The summed E-state index contributed by atoms with van der Waals surface area (Å²) in [4.78, 5) is 20.2. The highest BCUT2D eigenvalue weighted by molar-refractivity contribution is 6.00. The van der Waals surface area contributed by atoms with Crippen LogP contribution < -0.4 is 5.32 Å². The lowest BCUT2D eigenvalue weighted by atomic mass is 9.90. The molecule has 1 unspecified atom stereocenters. The Bertz CT molecular complexity index is 568. The van der Waals surface area contributed by atoms with Gasteiger partial charge in [0.1, 0.15) is 6.33 Å². The first kappa shape index (κ1) is 11.0. The standard InChI is InChI=1S/C14H13N3O/c18-14(11-7-15-9-16-8-11)13-12-4-2-1-3-10(12)5-6-17-13/h1-4,7-9,13,17H,5-6H2. The third-order valence-electron chi connectivity index (χ3n) is 3.22. The van der Waals surface area contributed by atoms with Crippen LogP contribution in [0.2, 0.25) is 0 Å². The monoisotopic (exact) mass is 239 g/mol. The van der Waals surface area contributed by atoms with Crippen LogP contribution in [0.1, 0.15) is 27.5 Å². The van der Waals surface area contributed by atoms with Crippen molar-refractivity contribution in [1.82, 2.24) is 15.3 Å². The summed E-state index contributed by atoms with van der Waals surface area (Å²) in [7, 11) is 0. The van der Waals surface area contributed by atoms with E-state index >= 15 is 0 Å². The Morgan fingerprint density at radius 2 is 2.00 bits per heavy atom. The number of benzene rings is 1. The van der Waals surface area contributed by atoms with Crippen molar-refractivity contribution in [2.45, 2.75) is 12.5 Å². The quantitative estimate of drug-likeness (QED) is 0.808. The van der Waals surface area contributed by atoms with Crippen molar-refractivity contribution >= 4 is 5.78 Å². The van der Waals surface area contributed by atoms with Gasteiger partial charge in [-0.05, 0) is 17.5 Å². The van der Waals surface area contributed by atoms with E-state index in [-0.39, 0.29) is 11.8 Å². The topological polar surface area (TPSA) is 54.9 Å². The molecule has 2 aromatic rings. The average molecular weight is 239 g/mol. The highest BCUT2D eigenvalue weighted by Gasteiger charge is 2.26. The van der Waals surface area contributed by atoms with Crippen LogP contribution in [-0.4, -0.2) is 22.3 Å². The van der Waals surface area contributed by atoms with Gasteiger partial charge < -0.3 is 5.32 Å². The van der Waals surface area contributed by atoms with Gasteiger partial charge in [0.2, 0.25) is 0 Å². The molecule has 1 aliphatic heterocycles. The van der Waals surface area contributed by atoms with Gasteiger partial charge in [-0.15, -0.1) is 0 Å². The molecule has 4 heteroatoms. The zero-order valence-electron chi connectivity index (χ0n) is 9.84. The summed E-state index contributed by atoms with van der Waals surface area (Å²) in [5.41, 5.74) is 2.86. The summed E-state index contributed by atoms with van der Waals surface area (Å²) >= 11 is 0. The maximum absolute atomic E-state index is 12.4. The minimum atomic E-state index is -0.277. The van der Waals surface area contributed by atoms with Gasteiger partial charge >= 0.3 is 0 Å². The van der Waals surface area contributed by atoms with Gasteiger partial charge in [0.25, 0.3) is 0 Å². The molecule has 0 fully saturated rings. The molecule has 1 aliphatic rings. The van der Waals surface area contributed by atoms with Crippen LogP contribution in [-0.2, 0) is 6.42 Å². The van der Waals surface area contributed by atoms with Gasteiger partial charge in [0, 0.05) is 18.9 Å². The molecule has 0 radical (unpaired) electrons. The van der Waals surface area contributed by atoms with Crippen molar-refractivity contribution in [2.75, 3.05) is 6.54 Å². The van der Waals surface area contributed by atoms with Crippen LogP contribution in [0.4, 0.5) is 0 Å². The summed E-state index contributed by atoms with van der Waals surface area (Å²) in [6.45, 7) is 0.821. The molecule has 0 spiro atoms. The number of rotatable bonds is 2. The van der Waals surface area contributed by atoms with E-state index in [1.54, 1.807) is 12.4 Å². The number of fused-ring (bicyclic) bond motifs is 1. The zero-order chi connectivity index (χ0) is 12.4. The fourth-order valence-electron chi connectivity index (χ4n) is 2.33. The molecule has 1 aromatic heterocycles. The number of Topliss-reactive ketones (excluding diaryl/α,β-unsaturated/α-hetero) is 1. The first-order chi connectivity index (χ1) is 8.86. The van der Waals surface area contributed by atoms with Crippen LogP contribution in [0.5, 0.6) is 0 Å². The Labute approximate surface area is 105 Å². The van der Waals surface area contributed by atoms with Gasteiger partial charge in [-0.2, -0.15) is 0 Å². The minimum absolute atomic E-state index is 0.0303. The average Bonchev–Trinajstić information content (AvgIpc) is 2.47. The Kier molecular flexibility index (Phi) is 2.86. The van der Waals surface area contributed by atoms with Gasteiger partial charge in [-0.1, -0.05) is 24.3 Å². The van der Waals surface area contributed by atoms with Crippen molar-refractivity contribution in [2.24, 2.45) is 0 Å². The molecule has 1 atom stereocenters. The fourth-order valence-corrected chi connectivity index (χ4v) is 2.33. The molecule has 0 amide bonds. The van der Waals surface area contributed by atoms with E-state index in [1.165, 1.54) is 11.9 Å². The number of aromatic nitrogens is 2. The van der Waals surface area contributed by atoms with E-state index in [2.05, 4.69) is 21.4 Å². The predicted octanol–water partition coefficient (Wildman–Crippen LogP) is 1.55. The molecule has 0 bridgehead atoms. The number of hydrogen-bond acceptors (Lipinski definition) is 4. The predicted molar refractivity (Wildman–Crippen MR) is 67.3 cm³/mol. The fraction of sp³-hybridized carbons (Fsp3) is 0.214. The molecule has 1 N–H and O–H groups in total. The smallest absolute Gasteiger partial charge is 0.187 e. The normalized spacial score (nSPS) is 18.1. The van der Waals surface area contributed by atoms with Crippen molar-refractivity contribution < 1.29 is 4.79 Å². The third-order valence-corrected chi connectivity index (χ3v) is 3.22. The summed E-state index contributed by atoms with van der Waals surface area (Å²) < 4.78 is 0. The van der Waals surface area contributed by atoms with Crippen LogP contribution in [0.15, 0.2) is 43.0 Å². The van der Waals surface area contributed by atoms with E-state index in [4.69, 9.17) is 0 Å². The van der Waals surface area contributed by atoms with E-state index < -0.39 is 0 Å². The molecule has 0 saturated heterocycles. The minimum Gasteiger partial charge on any atom is -0.303 e. The Morgan fingerprint density at radius 3 is 2.83 bits per heavy atom. The molecule has 2 heterocycles. The molecule has 0 aliphatic carbocycles. The number of ketones is 1. The lowest BCUT2D eigenvalue weighted by Crippen LogP contribution is -2.35. The van der Waals surface area contributed by atoms with Gasteiger partial charge in [0.15, 0.2) is 5.78 Å². The van der Waals surface area contributed by atoms with Crippen molar-refractivity contribution in [3.05, 3.63) is 59.7 Å². The molecule has 0 saturated carbocycles. The van der Waals surface area contributed by atoms with Crippen molar-refractivity contribution in [1.29, 1.82) is 0 Å². The molecule has 3 rings (SSSR count). The Hall–Kier alpha value is -2.07. The summed E-state index contributed by atoms with van der Waals surface area (Å²) in [5, 5.41) is 3.27. The van der Waals surface area contributed by atoms with Crippen LogP contribution in [0, 0.1) is 0 Å². The van der Waals surface area contributed by atoms with Crippen molar-refractivity contribution in [3.8, 4) is 0 Å². The second kappa shape index (κ2) is 4.66. The molecular formula is C14H13N3O. The van der Waals surface area contributed by atoms with Crippen LogP contribution in [0.3, 0.4) is 0 Å². The second-order valence-electron chi connectivity index (χ2n) is 4.33. The molecule has 90 valence electrons. The first-order valence-corrected chi connectivity index (χ1v) is 5.96. The zero-order valence-corrected chi connectivity index (χ0v) is 9.84. The Morgan fingerprint density at radius 1 is 1.22 bits per heavy atom. The summed E-state index contributed by atoms with van der Waals surface area (Å²) in [6.07, 6.45) is 5.52. The third kappa shape index (κ3) is 1.91. The number of nitrogens with one attached hydrogen (secondary N) is 1. The number of nitrogens with zero attached hydrogens (tertiary/aromatic N) is 2. The first-order valence-electron chi connectivity index (χ1n) is 5.96. The Balaban J connectivity index is 1.97. The largest absolute Gasteiger partial charge is 0.303 e. The second-order valence-corrected chi connectivity index (χ2v) is 4.33. The van der Waals surface area contributed by atoms with Gasteiger partial charge in [-0.25, -0.2) is 9.97 Å². The molecule has 18 heavy (non-hydrogen) atoms. The van der Waals surface area contributed by atoms with E-state index in [1.807, 2.05) is 18.2 Å². The van der Waals surface area contributed by atoms with Crippen LogP contribution in [0.25, 0.3) is 0 Å². The van der Waals surface area contributed by atoms with Gasteiger partial charge in [-0.3, -0.25) is 4.79 Å². The molecule has 1 aromatic carbocycles. The maximum Gasteiger partial charge on any atom is 0.187 e. The van der Waals surface area contributed by atoms with E-state index in [0.717, 1.165) is 18.5 Å². The number of carbonyl (C=O) groups is 1. The summed E-state index contributed by atoms with van der Waals surface area (Å²) in [6, 6.07) is 7.79. The lowest BCUT2D eigenvalue weighted by molar-refractivity contribution is 0.0939. The number of carbonyl (C=O) groups excluding carboxylic acids is 1. The molecular weight excluding hydrogens is 226 g/mol. The molecule has 4 nitrogen and oxygen atoms in total. The van der Waals surface area contributed by atoms with Gasteiger partial charge in [0.05, 0.1) is 11.6 Å². The lowest BCUT2D eigenvalue weighted by Gasteiger charge is -2.25.